The maximum absolute atomic E-state index is 12.0. The first kappa shape index (κ1) is 15.0. The van der Waals surface area contributed by atoms with E-state index < -0.39 is 17.8 Å². The largest absolute Gasteiger partial charge is 0.492 e. The van der Waals surface area contributed by atoms with Crippen molar-refractivity contribution in [1.29, 1.82) is 0 Å². The van der Waals surface area contributed by atoms with E-state index >= 15 is 0 Å². The number of carboxylic acid groups (broad SMARTS) is 1. The average molecular weight is 291 g/mol. The summed E-state index contributed by atoms with van der Waals surface area (Å²) in [5, 5.41) is 11.5. The second kappa shape index (κ2) is 5.95. The summed E-state index contributed by atoms with van der Waals surface area (Å²) in [4.78, 5) is 34.2. The number of nitrogens with one attached hydrogen (secondary N) is 1. The first-order chi connectivity index (χ1) is 9.93. The number of Topliss-reactive ketones (excluding diaryl/α,β-unsaturated/α-hetero) is 1. The molecule has 0 saturated heterocycles. The van der Waals surface area contributed by atoms with Crippen LogP contribution in [0.5, 0.6) is 5.75 Å². The van der Waals surface area contributed by atoms with E-state index in [4.69, 9.17) is 9.84 Å². The molecular formula is C15H17NO5. The third-order valence-corrected chi connectivity index (χ3v) is 3.39. The fourth-order valence-corrected chi connectivity index (χ4v) is 2.11. The second-order valence-corrected chi connectivity index (χ2v) is 4.98. The Morgan fingerprint density at radius 2 is 2.05 bits per heavy atom. The Hall–Kier alpha value is -2.37. The summed E-state index contributed by atoms with van der Waals surface area (Å²) in [5.74, 6) is -2.11. The number of rotatable bonds is 6. The molecule has 0 aromatic heterocycles. The molecule has 6 nitrogen and oxygen atoms in total. The molecular weight excluding hydrogens is 274 g/mol. The van der Waals surface area contributed by atoms with Crippen LogP contribution in [0.4, 0.5) is 5.69 Å². The highest BCUT2D eigenvalue weighted by Crippen LogP contribution is 2.40. The lowest BCUT2D eigenvalue weighted by Gasteiger charge is -2.12. The molecule has 0 radical (unpaired) electrons. The van der Waals surface area contributed by atoms with Crippen LogP contribution in [-0.4, -0.2) is 29.4 Å². The molecule has 0 bridgehead atoms. The third kappa shape index (κ3) is 3.39. The lowest BCUT2D eigenvalue weighted by Crippen LogP contribution is -2.17. The maximum atomic E-state index is 12.0. The maximum Gasteiger partial charge on any atom is 0.307 e. The van der Waals surface area contributed by atoms with Crippen LogP contribution in [0.1, 0.15) is 30.6 Å². The van der Waals surface area contributed by atoms with Gasteiger partial charge in [0.15, 0.2) is 5.78 Å². The normalized spacial score (nSPS) is 19.7. The second-order valence-electron chi connectivity index (χ2n) is 4.98. The summed E-state index contributed by atoms with van der Waals surface area (Å²) in [7, 11) is 0. The molecule has 112 valence electrons. The highest BCUT2D eigenvalue weighted by molar-refractivity contribution is 6.01. The van der Waals surface area contributed by atoms with E-state index in [0.717, 1.165) is 0 Å². The lowest BCUT2D eigenvalue weighted by atomic mass is 10.1. The van der Waals surface area contributed by atoms with Crippen LogP contribution >= 0.6 is 0 Å². The molecule has 1 aliphatic carbocycles. The van der Waals surface area contributed by atoms with Crippen molar-refractivity contribution in [1.82, 2.24) is 0 Å². The van der Waals surface area contributed by atoms with Gasteiger partial charge in [0.2, 0.25) is 5.91 Å². The molecule has 21 heavy (non-hydrogen) atoms. The van der Waals surface area contributed by atoms with Gasteiger partial charge in [0.1, 0.15) is 5.75 Å². The van der Waals surface area contributed by atoms with Gasteiger partial charge in [-0.25, -0.2) is 0 Å². The summed E-state index contributed by atoms with van der Waals surface area (Å²) in [6.07, 6.45) is 0.345. The van der Waals surface area contributed by atoms with Gasteiger partial charge in [-0.1, -0.05) is 0 Å². The first-order valence-corrected chi connectivity index (χ1v) is 6.75. The SMILES string of the molecule is CCOc1ccc(C(C)=O)cc1NC(=O)C1CC1C(=O)O. The van der Waals surface area contributed by atoms with Crippen molar-refractivity contribution in [2.45, 2.75) is 20.3 Å². The van der Waals surface area contributed by atoms with Crippen LogP contribution in [0.2, 0.25) is 0 Å². The molecule has 6 heteroatoms. The number of ketones is 1. The van der Waals surface area contributed by atoms with Gasteiger partial charge in [-0.05, 0) is 38.5 Å². The van der Waals surface area contributed by atoms with E-state index in [9.17, 15) is 14.4 Å². The molecule has 0 heterocycles. The van der Waals surface area contributed by atoms with Crippen molar-refractivity contribution in [3.05, 3.63) is 23.8 Å². The number of hydrogen-bond donors (Lipinski definition) is 2. The third-order valence-electron chi connectivity index (χ3n) is 3.39. The number of carboxylic acids is 1. The van der Waals surface area contributed by atoms with Gasteiger partial charge < -0.3 is 15.2 Å². The predicted molar refractivity (Wildman–Crippen MR) is 75.5 cm³/mol. The van der Waals surface area contributed by atoms with Gasteiger partial charge >= 0.3 is 5.97 Å². The van der Waals surface area contributed by atoms with E-state index in [1.807, 2.05) is 6.92 Å². The molecule has 2 unspecified atom stereocenters. The van der Waals surface area contributed by atoms with E-state index in [1.54, 1.807) is 18.2 Å². The quantitative estimate of drug-likeness (QED) is 0.781. The highest BCUT2D eigenvalue weighted by Gasteiger charge is 2.48. The summed E-state index contributed by atoms with van der Waals surface area (Å²) in [6.45, 7) is 3.66. The Labute approximate surface area is 122 Å². The number of amides is 1. The number of hydrogen-bond acceptors (Lipinski definition) is 4. The van der Waals surface area contributed by atoms with Crippen molar-refractivity contribution in [2.75, 3.05) is 11.9 Å². The minimum Gasteiger partial charge on any atom is -0.492 e. The van der Waals surface area contributed by atoms with Crippen LogP contribution in [0.15, 0.2) is 18.2 Å². The molecule has 1 aromatic rings. The van der Waals surface area contributed by atoms with Crippen molar-refractivity contribution in [3.8, 4) is 5.75 Å². The molecule has 1 fully saturated rings. The Morgan fingerprint density at radius 1 is 1.33 bits per heavy atom. The summed E-state index contributed by atoms with van der Waals surface area (Å²) >= 11 is 0. The molecule has 0 spiro atoms. The standard InChI is InChI=1S/C15H17NO5/c1-3-21-13-5-4-9(8(2)17)6-12(13)16-14(18)10-7-11(10)15(19)20/h4-6,10-11H,3,7H2,1-2H3,(H,16,18)(H,19,20). The first-order valence-electron chi connectivity index (χ1n) is 6.75. The van der Waals surface area contributed by atoms with Crippen molar-refractivity contribution in [2.24, 2.45) is 11.8 Å². The topological polar surface area (TPSA) is 92.7 Å². The average Bonchev–Trinajstić information content (AvgIpc) is 3.21. The van der Waals surface area contributed by atoms with Crippen molar-refractivity contribution < 1.29 is 24.2 Å². The van der Waals surface area contributed by atoms with Crippen molar-refractivity contribution in [3.63, 3.8) is 0 Å². The fraction of sp³-hybridized carbons (Fsp3) is 0.400. The van der Waals surface area contributed by atoms with Crippen molar-refractivity contribution >= 4 is 23.3 Å². The minimum absolute atomic E-state index is 0.122. The molecule has 1 aromatic carbocycles. The Morgan fingerprint density at radius 3 is 2.57 bits per heavy atom. The lowest BCUT2D eigenvalue weighted by molar-refractivity contribution is -0.139. The van der Waals surface area contributed by atoms with E-state index in [-0.39, 0.29) is 11.7 Å². The number of anilines is 1. The monoisotopic (exact) mass is 291 g/mol. The van der Waals surface area contributed by atoms with E-state index in [0.29, 0.717) is 30.0 Å². The Bertz CT molecular complexity index is 596. The molecule has 1 saturated carbocycles. The number of ether oxygens (including phenoxy) is 1. The molecule has 2 atom stereocenters. The van der Waals surface area contributed by atoms with Gasteiger partial charge in [-0.3, -0.25) is 14.4 Å². The van der Waals surface area contributed by atoms with Crippen LogP contribution in [-0.2, 0) is 9.59 Å². The van der Waals surface area contributed by atoms with E-state index in [2.05, 4.69) is 5.32 Å². The fourth-order valence-electron chi connectivity index (χ4n) is 2.11. The molecule has 1 aliphatic rings. The Balaban J connectivity index is 2.17. The van der Waals surface area contributed by atoms with Gasteiger partial charge in [-0.15, -0.1) is 0 Å². The van der Waals surface area contributed by atoms with Gasteiger partial charge in [0, 0.05) is 5.56 Å². The highest BCUT2D eigenvalue weighted by atomic mass is 16.5. The molecule has 2 rings (SSSR count). The Kier molecular flexibility index (Phi) is 4.26. The van der Waals surface area contributed by atoms with Crippen LogP contribution in [0.25, 0.3) is 0 Å². The van der Waals surface area contributed by atoms with Gasteiger partial charge in [0.05, 0.1) is 24.1 Å². The number of benzene rings is 1. The summed E-state index contributed by atoms with van der Waals surface area (Å²) < 4.78 is 5.40. The zero-order valence-electron chi connectivity index (χ0n) is 11.9. The zero-order valence-corrected chi connectivity index (χ0v) is 11.9. The number of carbonyl (C=O) groups excluding carboxylic acids is 2. The smallest absolute Gasteiger partial charge is 0.307 e. The summed E-state index contributed by atoms with van der Waals surface area (Å²) in [5.41, 5.74) is 0.852. The van der Waals surface area contributed by atoms with Gasteiger partial charge in [-0.2, -0.15) is 0 Å². The van der Waals surface area contributed by atoms with E-state index in [1.165, 1.54) is 6.92 Å². The van der Waals surface area contributed by atoms with Gasteiger partial charge in [0.25, 0.3) is 0 Å². The molecule has 0 aliphatic heterocycles. The van der Waals surface area contributed by atoms with Crippen LogP contribution < -0.4 is 10.1 Å². The van der Waals surface area contributed by atoms with Crippen LogP contribution in [0.3, 0.4) is 0 Å². The summed E-state index contributed by atoms with van der Waals surface area (Å²) in [6, 6.07) is 4.79. The minimum atomic E-state index is -0.960. The molecule has 2 N–H and O–H groups in total. The number of aliphatic carboxylic acids is 1. The predicted octanol–water partition coefficient (Wildman–Crippen LogP) is 1.95. The zero-order chi connectivity index (χ0) is 15.6. The van der Waals surface area contributed by atoms with Crippen LogP contribution in [0, 0.1) is 11.8 Å². The number of carbonyl (C=O) groups is 3. The molecule has 1 amide bonds.